The Morgan fingerprint density at radius 1 is 1.21 bits per heavy atom. The highest BCUT2D eigenvalue weighted by atomic mass is 79.9. The summed E-state index contributed by atoms with van der Waals surface area (Å²) in [5.41, 5.74) is 0. The van der Waals surface area contributed by atoms with Gasteiger partial charge in [0.25, 0.3) is 0 Å². The van der Waals surface area contributed by atoms with Gasteiger partial charge in [0.1, 0.15) is 4.90 Å². The van der Waals surface area contributed by atoms with Gasteiger partial charge in [-0.25, -0.2) is 8.42 Å². The zero-order chi connectivity index (χ0) is 17.5. The van der Waals surface area contributed by atoms with E-state index < -0.39 is 10.0 Å². The van der Waals surface area contributed by atoms with Crippen molar-refractivity contribution in [2.75, 3.05) is 13.1 Å². The van der Waals surface area contributed by atoms with Gasteiger partial charge in [0.05, 0.1) is 16.0 Å². The van der Waals surface area contributed by atoms with Crippen LogP contribution in [-0.2, 0) is 14.8 Å². The summed E-state index contributed by atoms with van der Waals surface area (Å²) in [5.74, 6) is -0.396. The van der Waals surface area contributed by atoms with E-state index in [4.69, 9.17) is 23.2 Å². The van der Waals surface area contributed by atoms with Gasteiger partial charge >= 0.3 is 0 Å². The fourth-order valence-electron chi connectivity index (χ4n) is 2.83. The second-order valence-electron chi connectivity index (χ2n) is 6.18. The molecule has 0 spiro atoms. The Balaban J connectivity index is 1.82. The molecule has 2 aliphatic rings. The minimum atomic E-state index is -3.85. The van der Waals surface area contributed by atoms with Crippen molar-refractivity contribution in [3.8, 4) is 0 Å². The molecule has 2 fully saturated rings. The lowest BCUT2D eigenvalue weighted by atomic mass is 9.99. The molecule has 0 bridgehead atoms. The highest BCUT2D eigenvalue weighted by Crippen LogP contribution is 2.36. The molecule has 1 saturated heterocycles. The first kappa shape index (κ1) is 18.5. The fourth-order valence-corrected chi connectivity index (χ4v) is 6.23. The number of hydrogen-bond donors (Lipinski definition) is 1. The number of nitrogens with zero attached hydrogens (tertiary/aromatic N) is 1. The fraction of sp³-hybridized carbons (Fsp3) is 0.533. The standard InChI is InChI=1S/C15H17BrCl2N2O3S/c16-10-6-12(17)14(13(18)7-10)24(22,23)20-5-1-2-9(8-20)15(21)19-11-3-4-11/h6-7,9,11H,1-5,8H2,(H,19,21). The molecule has 1 aromatic carbocycles. The van der Waals surface area contributed by atoms with Crippen LogP contribution in [0.1, 0.15) is 25.7 Å². The number of benzene rings is 1. The van der Waals surface area contributed by atoms with Crippen LogP contribution in [0.15, 0.2) is 21.5 Å². The number of piperidine rings is 1. The van der Waals surface area contributed by atoms with Gasteiger partial charge in [-0.15, -0.1) is 0 Å². The van der Waals surface area contributed by atoms with E-state index in [0.29, 0.717) is 23.9 Å². The molecule has 5 nitrogen and oxygen atoms in total. The largest absolute Gasteiger partial charge is 0.353 e. The Bertz CT molecular complexity index is 745. The van der Waals surface area contributed by atoms with Crippen LogP contribution >= 0.6 is 39.1 Å². The van der Waals surface area contributed by atoms with Crippen LogP contribution in [-0.4, -0.2) is 37.8 Å². The summed E-state index contributed by atoms with van der Waals surface area (Å²) in [6, 6.07) is 3.27. The number of carbonyl (C=O) groups is 1. The molecule has 0 aromatic heterocycles. The van der Waals surface area contributed by atoms with E-state index in [9.17, 15) is 13.2 Å². The maximum atomic E-state index is 13.0. The molecule has 1 aliphatic carbocycles. The topological polar surface area (TPSA) is 66.5 Å². The van der Waals surface area contributed by atoms with E-state index in [-0.39, 0.29) is 39.4 Å². The molecule has 1 heterocycles. The van der Waals surface area contributed by atoms with Crippen LogP contribution in [0, 0.1) is 5.92 Å². The van der Waals surface area contributed by atoms with Crippen molar-refractivity contribution in [2.24, 2.45) is 5.92 Å². The molecular weight excluding hydrogens is 439 g/mol. The predicted octanol–water partition coefficient (Wildman–Crippen LogP) is 3.44. The van der Waals surface area contributed by atoms with Crippen molar-refractivity contribution in [3.63, 3.8) is 0 Å². The Kier molecular flexibility index (Phi) is 5.47. The number of hydrogen-bond acceptors (Lipinski definition) is 3. The maximum Gasteiger partial charge on any atom is 0.246 e. The first-order valence-corrected chi connectivity index (χ1v) is 10.7. The van der Waals surface area contributed by atoms with E-state index in [2.05, 4.69) is 21.2 Å². The number of carbonyl (C=O) groups excluding carboxylic acids is 1. The number of halogens is 3. The smallest absolute Gasteiger partial charge is 0.246 e. The Morgan fingerprint density at radius 2 is 1.83 bits per heavy atom. The Morgan fingerprint density at radius 3 is 2.42 bits per heavy atom. The molecular formula is C15H17BrCl2N2O3S. The molecule has 1 aliphatic heterocycles. The maximum absolute atomic E-state index is 13.0. The lowest BCUT2D eigenvalue weighted by Crippen LogP contribution is -2.45. The van der Waals surface area contributed by atoms with Gasteiger partial charge in [-0.3, -0.25) is 4.79 Å². The van der Waals surface area contributed by atoms with E-state index >= 15 is 0 Å². The second kappa shape index (κ2) is 7.11. The SMILES string of the molecule is O=C(NC1CC1)C1CCCN(S(=O)(=O)c2c(Cl)cc(Br)cc2Cl)C1. The lowest BCUT2D eigenvalue weighted by Gasteiger charge is -2.31. The number of nitrogens with one attached hydrogen (secondary N) is 1. The van der Waals surface area contributed by atoms with E-state index in [1.165, 1.54) is 16.4 Å². The molecule has 0 radical (unpaired) electrons. The van der Waals surface area contributed by atoms with Crippen molar-refractivity contribution in [3.05, 3.63) is 26.7 Å². The molecule has 1 saturated carbocycles. The van der Waals surface area contributed by atoms with Gasteiger partial charge in [-0.1, -0.05) is 39.1 Å². The second-order valence-corrected chi connectivity index (χ2v) is 9.79. The van der Waals surface area contributed by atoms with Crippen LogP contribution in [0.3, 0.4) is 0 Å². The summed E-state index contributed by atoms with van der Waals surface area (Å²) in [4.78, 5) is 12.1. The highest BCUT2D eigenvalue weighted by Gasteiger charge is 2.36. The van der Waals surface area contributed by atoms with Crippen molar-refractivity contribution in [1.82, 2.24) is 9.62 Å². The molecule has 132 valence electrons. The van der Waals surface area contributed by atoms with Crippen molar-refractivity contribution >= 4 is 55.1 Å². The van der Waals surface area contributed by atoms with Crippen molar-refractivity contribution < 1.29 is 13.2 Å². The van der Waals surface area contributed by atoms with E-state index in [1.54, 1.807) is 0 Å². The zero-order valence-electron chi connectivity index (χ0n) is 12.8. The summed E-state index contributed by atoms with van der Waals surface area (Å²) in [6.45, 7) is 0.516. The van der Waals surface area contributed by atoms with Crippen LogP contribution in [0.25, 0.3) is 0 Å². The number of rotatable bonds is 4. The quantitative estimate of drug-likeness (QED) is 0.756. The summed E-state index contributed by atoms with van der Waals surface area (Å²) >= 11 is 15.5. The third-order valence-corrected chi connectivity index (χ3v) is 7.48. The van der Waals surface area contributed by atoms with Crippen LogP contribution < -0.4 is 5.32 Å². The lowest BCUT2D eigenvalue weighted by molar-refractivity contribution is -0.126. The van der Waals surface area contributed by atoms with Gasteiger partial charge in [0.15, 0.2) is 0 Å². The molecule has 1 amide bonds. The first-order valence-electron chi connectivity index (χ1n) is 7.74. The van der Waals surface area contributed by atoms with Gasteiger partial charge in [-0.2, -0.15) is 4.31 Å². The van der Waals surface area contributed by atoms with Crippen LogP contribution in [0.5, 0.6) is 0 Å². The van der Waals surface area contributed by atoms with Gasteiger partial charge in [0.2, 0.25) is 15.9 Å². The van der Waals surface area contributed by atoms with Gasteiger partial charge in [0, 0.05) is 23.6 Å². The minimum absolute atomic E-state index is 0.0644. The molecule has 3 rings (SSSR count). The Hall–Kier alpha value is -0.340. The summed E-state index contributed by atoms with van der Waals surface area (Å²) in [5, 5.41) is 3.08. The zero-order valence-corrected chi connectivity index (χ0v) is 16.7. The monoisotopic (exact) mass is 454 g/mol. The third kappa shape index (κ3) is 3.90. The number of sulfonamides is 1. The van der Waals surface area contributed by atoms with Crippen LogP contribution in [0.4, 0.5) is 0 Å². The first-order chi connectivity index (χ1) is 11.3. The molecule has 1 aromatic rings. The average molecular weight is 456 g/mol. The molecule has 1 unspecified atom stereocenters. The molecule has 1 atom stereocenters. The number of amides is 1. The van der Waals surface area contributed by atoms with Crippen molar-refractivity contribution in [2.45, 2.75) is 36.6 Å². The normalized spacial score (nSPS) is 22.4. The summed E-state index contributed by atoms with van der Waals surface area (Å²) < 4.78 is 27.8. The molecule has 24 heavy (non-hydrogen) atoms. The third-order valence-electron chi connectivity index (χ3n) is 4.24. The summed E-state index contributed by atoms with van der Waals surface area (Å²) in [6.07, 6.45) is 3.33. The van der Waals surface area contributed by atoms with E-state index in [1.807, 2.05) is 0 Å². The van der Waals surface area contributed by atoms with Crippen molar-refractivity contribution in [1.29, 1.82) is 0 Å². The Labute approximate surface area is 159 Å². The van der Waals surface area contributed by atoms with E-state index in [0.717, 1.165) is 12.8 Å². The predicted molar refractivity (Wildman–Crippen MR) is 96.8 cm³/mol. The minimum Gasteiger partial charge on any atom is -0.353 e. The molecule has 9 heteroatoms. The highest BCUT2D eigenvalue weighted by molar-refractivity contribution is 9.10. The molecule has 1 N–H and O–H groups in total. The average Bonchev–Trinajstić information content (AvgIpc) is 3.30. The van der Waals surface area contributed by atoms with Gasteiger partial charge in [-0.05, 0) is 37.8 Å². The van der Waals surface area contributed by atoms with Gasteiger partial charge < -0.3 is 5.32 Å². The van der Waals surface area contributed by atoms with Crippen LogP contribution in [0.2, 0.25) is 10.0 Å². The summed E-state index contributed by atoms with van der Waals surface area (Å²) in [7, 11) is -3.85.